The van der Waals surface area contributed by atoms with Crippen LogP contribution in [0.15, 0.2) is 11.4 Å². The van der Waals surface area contributed by atoms with Crippen LogP contribution in [0.25, 0.3) is 9.88 Å². The molecule has 5 heteroatoms. The highest BCUT2D eigenvalue weighted by molar-refractivity contribution is 7.20. The van der Waals surface area contributed by atoms with E-state index in [1.165, 1.54) is 10.4 Å². The van der Waals surface area contributed by atoms with Crippen LogP contribution in [0.2, 0.25) is 0 Å². The zero-order chi connectivity index (χ0) is 11.4. The van der Waals surface area contributed by atoms with Crippen LogP contribution in [0.5, 0.6) is 0 Å². The normalized spacial score (nSPS) is 10.9. The molecule has 2 heterocycles. The average Bonchev–Trinajstić information content (AvgIpc) is 2.94. The van der Waals surface area contributed by atoms with E-state index in [0.29, 0.717) is 0 Å². The second-order valence-corrected chi connectivity index (χ2v) is 5.46. The topological polar surface area (TPSA) is 37.8 Å². The monoisotopic (exact) mass is 253 g/mol. The summed E-state index contributed by atoms with van der Waals surface area (Å²) in [6.07, 6.45) is 2.02. The molecule has 0 aliphatic rings. The first kappa shape index (κ1) is 11.7. The molecule has 1 N–H and O–H groups in total. The van der Waals surface area contributed by atoms with Crippen molar-refractivity contribution in [2.75, 3.05) is 13.6 Å². The maximum Gasteiger partial charge on any atom is 0.158 e. The van der Waals surface area contributed by atoms with E-state index in [2.05, 4.69) is 33.9 Å². The first-order valence-corrected chi connectivity index (χ1v) is 7.08. The number of aryl methyl sites for hydroxylation is 1. The summed E-state index contributed by atoms with van der Waals surface area (Å²) >= 11 is 3.46. The van der Waals surface area contributed by atoms with Gasteiger partial charge in [0.15, 0.2) is 5.01 Å². The second-order valence-electron chi connectivity index (χ2n) is 3.48. The molecule has 0 atom stereocenters. The summed E-state index contributed by atoms with van der Waals surface area (Å²) in [6, 6.07) is 2.18. The predicted octanol–water partition coefficient (Wildman–Crippen LogP) is 2.59. The molecule has 0 aliphatic carbocycles. The van der Waals surface area contributed by atoms with Gasteiger partial charge >= 0.3 is 0 Å². The van der Waals surface area contributed by atoms with Crippen molar-refractivity contribution in [3.8, 4) is 9.88 Å². The summed E-state index contributed by atoms with van der Waals surface area (Å²) in [6.45, 7) is 3.13. The summed E-state index contributed by atoms with van der Waals surface area (Å²) in [5, 5.41) is 15.9. The van der Waals surface area contributed by atoms with Crippen LogP contribution in [0.1, 0.15) is 17.5 Å². The average molecular weight is 253 g/mol. The van der Waals surface area contributed by atoms with Crippen LogP contribution >= 0.6 is 22.7 Å². The lowest BCUT2D eigenvalue weighted by Crippen LogP contribution is -2.09. The minimum Gasteiger partial charge on any atom is -0.319 e. The quantitative estimate of drug-likeness (QED) is 0.890. The van der Waals surface area contributed by atoms with Crippen molar-refractivity contribution in [3.05, 3.63) is 22.0 Å². The van der Waals surface area contributed by atoms with E-state index in [4.69, 9.17) is 0 Å². The van der Waals surface area contributed by atoms with Gasteiger partial charge in [-0.05, 0) is 30.5 Å². The SMILES string of the molecule is CCc1ccsc1-c1nnc(CCNC)s1. The highest BCUT2D eigenvalue weighted by atomic mass is 32.1. The van der Waals surface area contributed by atoms with Gasteiger partial charge in [-0.15, -0.1) is 21.5 Å². The fraction of sp³-hybridized carbons (Fsp3) is 0.455. The Hall–Kier alpha value is -0.780. The summed E-state index contributed by atoms with van der Waals surface area (Å²) < 4.78 is 0. The van der Waals surface area contributed by atoms with Crippen LogP contribution < -0.4 is 5.32 Å². The highest BCUT2D eigenvalue weighted by Gasteiger charge is 2.11. The zero-order valence-corrected chi connectivity index (χ0v) is 11.1. The van der Waals surface area contributed by atoms with E-state index in [1.54, 1.807) is 22.7 Å². The molecule has 0 radical (unpaired) electrons. The van der Waals surface area contributed by atoms with Gasteiger partial charge in [0.25, 0.3) is 0 Å². The van der Waals surface area contributed by atoms with Crippen molar-refractivity contribution >= 4 is 22.7 Å². The van der Waals surface area contributed by atoms with Crippen molar-refractivity contribution in [1.29, 1.82) is 0 Å². The van der Waals surface area contributed by atoms with E-state index in [9.17, 15) is 0 Å². The molecule has 0 saturated heterocycles. The summed E-state index contributed by atoms with van der Waals surface area (Å²) in [5.41, 5.74) is 1.38. The van der Waals surface area contributed by atoms with E-state index in [-0.39, 0.29) is 0 Å². The molecule has 86 valence electrons. The molecule has 0 saturated carbocycles. The van der Waals surface area contributed by atoms with Gasteiger partial charge in [0.2, 0.25) is 0 Å². The molecule has 0 spiro atoms. The van der Waals surface area contributed by atoms with E-state index < -0.39 is 0 Å². The number of nitrogens with one attached hydrogen (secondary N) is 1. The Labute approximate surface area is 104 Å². The van der Waals surface area contributed by atoms with Crippen LogP contribution in [-0.2, 0) is 12.8 Å². The molecule has 2 aromatic heterocycles. The molecule has 0 bridgehead atoms. The van der Waals surface area contributed by atoms with Crippen LogP contribution in [-0.4, -0.2) is 23.8 Å². The third-order valence-electron chi connectivity index (χ3n) is 2.38. The molecule has 0 aromatic carbocycles. The van der Waals surface area contributed by atoms with Gasteiger partial charge in [0, 0.05) is 13.0 Å². The number of aromatic nitrogens is 2. The van der Waals surface area contributed by atoms with Crippen molar-refractivity contribution in [2.45, 2.75) is 19.8 Å². The van der Waals surface area contributed by atoms with Gasteiger partial charge in [-0.3, -0.25) is 0 Å². The maximum atomic E-state index is 4.27. The number of nitrogens with zero attached hydrogens (tertiary/aromatic N) is 2. The fourth-order valence-electron chi connectivity index (χ4n) is 1.48. The smallest absolute Gasteiger partial charge is 0.158 e. The lowest BCUT2D eigenvalue weighted by atomic mass is 10.2. The number of hydrogen-bond donors (Lipinski definition) is 1. The molecular formula is C11H15N3S2. The molecule has 2 rings (SSSR count). The predicted molar refractivity (Wildman–Crippen MR) is 70.2 cm³/mol. The van der Waals surface area contributed by atoms with E-state index in [0.717, 1.165) is 29.4 Å². The van der Waals surface area contributed by atoms with Crippen LogP contribution in [0.4, 0.5) is 0 Å². The molecule has 2 aromatic rings. The van der Waals surface area contributed by atoms with Crippen LogP contribution in [0.3, 0.4) is 0 Å². The summed E-state index contributed by atoms with van der Waals surface area (Å²) in [7, 11) is 1.95. The van der Waals surface area contributed by atoms with Crippen molar-refractivity contribution in [3.63, 3.8) is 0 Å². The number of likely N-dealkylation sites (N-methyl/N-ethyl adjacent to an activating group) is 1. The fourth-order valence-corrected chi connectivity index (χ4v) is 3.44. The molecule has 0 unspecified atom stereocenters. The Morgan fingerprint density at radius 2 is 2.25 bits per heavy atom. The molecular weight excluding hydrogens is 238 g/mol. The van der Waals surface area contributed by atoms with Crippen molar-refractivity contribution < 1.29 is 0 Å². The standard InChI is InChI=1S/C11H15N3S2/c1-3-8-5-7-15-10(8)11-14-13-9(16-11)4-6-12-2/h5,7,12H,3-4,6H2,1-2H3. The van der Waals surface area contributed by atoms with Gasteiger partial charge in [-0.1, -0.05) is 18.3 Å². The Morgan fingerprint density at radius 3 is 3.00 bits per heavy atom. The highest BCUT2D eigenvalue weighted by Crippen LogP contribution is 2.32. The zero-order valence-electron chi connectivity index (χ0n) is 9.49. The van der Waals surface area contributed by atoms with Crippen molar-refractivity contribution in [1.82, 2.24) is 15.5 Å². The molecule has 3 nitrogen and oxygen atoms in total. The van der Waals surface area contributed by atoms with Crippen molar-refractivity contribution in [2.24, 2.45) is 0 Å². The molecule has 0 aliphatic heterocycles. The molecule has 0 fully saturated rings. The lowest BCUT2D eigenvalue weighted by Gasteiger charge is -1.94. The Bertz CT molecular complexity index is 448. The lowest BCUT2D eigenvalue weighted by molar-refractivity contribution is 0.779. The summed E-state index contributed by atoms with van der Waals surface area (Å²) in [4.78, 5) is 1.29. The molecule has 16 heavy (non-hydrogen) atoms. The number of hydrogen-bond acceptors (Lipinski definition) is 5. The Balaban J connectivity index is 2.18. The van der Waals surface area contributed by atoms with Gasteiger partial charge in [-0.25, -0.2) is 0 Å². The Morgan fingerprint density at radius 1 is 1.38 bits per heavy atom. The van der Waals surface area contributed by atoms with Crippen LogP contribution in [0, 0.1) is 0 Å². The second kappa shape index (κ2) is 5.52. The minimum absolute atomic E-state index is 0.958. The maximum absolute atomic E-state index is 4.27. The summed E-state index contributed by atoms with van der Waals surface area (Å²) in [5.74, 6) is 0. The third kappa shape index (κ3) is 2.48. The third-order valence-corrected chi connectivity index (χ3v) is 4.47. The first-order chi connectivity index (χ1) is 7.85. The van der Waals surface area contributed by atoms with Gasteiger partial charge in [0.1, 0.15) is 5.01 Å². The molecule has 0 amide bonds. The van der Waals surface area contributed by atoms with Gasteiger partial charge in [0.05, 0.1) is 4.88 Å². The number of rotatable bonds is 5. The Kier molecular flexibility index (Phi) is 4.04. The minimum atomic E-state index is 0.958. The van der Waals surface area contributed by atoms with E-state index in [1.807, 2.05) is 7.05 Å². The number of thiophene rings is 1. The largest absolute Gasteiger partial charge is 0.319 e. The first-order valence-electron chi connectivity index (χ1n) is 5.39. The van der Waals surface area contributed by atoms with Gasteiger partial charge < -0.3 is 5.32 Å². The van der Waals surface area contributed by atoms with Gasteiger partial charge in [-0.2, -0.15) is 0 Å². The van der Waals surface area contributed by atoms with E-state index >= 15 is 0 Å².